The minimum atomic E-state index is 0.00329. The zero-order chi connectivity index (χ0) is 7.98. The number of rotatable bonds is 5. The fraction of sp³-hybridized carbons (Fsp3) is 0.857. The molecule has 0 heterocycles. The van der Waals surface area contributed by atoms with Crippen molar-refractivity contribution in [3.63, 3.8) is 0 Å². The normalized spacial score (nSPS) is 13.1. The Morgan fingerprint density at radius 2 is 2.30 bits per heavy atom. The summed E-state index contributed by atoms with van der Waals surface area (Å²) >= 11 is 0. The quantitative estimate of drug-likeness (QED) is 0.566. The highest BCUT2D eigenvalue weighted by atomic mass is 16.1. The van der Waals surface area contributed by atoms with E-state index in [1.165, 1.54) is 0 Å². The average molecular weight is 144 g/mol. The summed E-state index contributed by atoms with van der Waals surface area (Å²) in [5.74, 6) is 0.191. The molecule has 1 unspecified atom stereocenters. The molecule has 0 aliphatic carbocycles. The Balaban J connectivity index is 3.50. The van der Waals surface area contributed by atoms with Crippen LogP contribution < -0.4 is 11.1 Å². The second kappa shape index (κ2) is 5.38. The zero-order valence-corrected chi connectivity index (χ0v) is 6.68. The highest BCUT2D eigenvalue weighted by Crippen LogP contribution is 1.95. The molecule has 0 amide bonds. The molecule has 60 valence electrons. The van der Waals surface area contributed by atoms with E-state index in [0.29, 0.717) is 6.54 Å². The van der Waals surface area contributed by atoms with Crippen molar-refractivity contribution in [1.29, 1.82) is 0 Å². The number of carbonyl (C=O) groups is 1. The van der Waals surface area contributed by atoms with Gasteiger partial charge in [-0.2, -0.15) is 0 Å². The fourth-order valence-corrected chi connectivity index (χ4v) is 0.873. The summed E-state index contributed by atoms with van der Waals surface area (Å²) in [7, 11) is 1.79. The summed E-state index contributed by atoms with van der Waals surface area (Å²) in [6, 6.07) is 0.00329. The summed E-state index contributed by atoms with van der Waals surface area (Å²) in [6.07, 6.45) is 1.76. The van der Waals surface area contributed by atoms with Crippen LogP contribution in [-0.4, -0.2) is 25.4 Å². The molecule has 0 saturated carbocycles. The third kappa shape index (κ3) is 3.58. The zero-order valence-electron chi connectivity index (χ0n) is 6.68. The van der Waals surface area contributed by atoms with Crippen LogP contribution in [-0.2, 0) is 4.79 Å². The lowest BCUT2D eigenvalue weighted by Crippen LogP contribution is -2.32. The topological polar surface area (TPSA) is 55.1 Å². The molecule has 0 aliphatic rings. The van der Waals surface area contributed by atoms with Crippen LogP contribution in [0.2, 0.25) is 0 Å². The standard InChI is InChI=1S/C7H16N2O/c1-6(10)7(9-2)4-3-5-8/h7,9H,3-5,8H2,1-2H3. The molecule has 0 aliphatic heterocycles. The third-order valence-corrected chi connectivity index (χ3v) is 1.54. The third-order valence-electron chi connectivity index (χ3n) is 1.54. The molecule has 0 spiro atoms. The Bertz CT molecular complexity index is 104. The summed E-state index contributed by atoms with van der Waals surface area (Å²) < 4.78 is 0. The number of nitrogens with two attached hydrogens (primary N) is 1. The van der Waals surface area contributed by atoms with Crippen LogP contribution in [0.25, 0.3) is 0 Å². The van der Waals surface area contributed by atoms with Crippen molar-refractivity contribution in [2.24, 2.45) is 5.73 Å². The van der Waals surface area contributed by atoms with Gasteiger partial charge < -0.3 is 11.1 Å². The number of likely N-dealkylation sites (N-methyl/N-ethyl adjacent to an activating group) is 1. The lowest BCUT2D eigenvalue weighted by atomic mass is 10.1. The second-order valence-corrected chi connectivity index (χ2v) is 2.38. The van der Waals surface area contributed by atoms with Crippen LogP contribution in [0.5, 0.6) is 0 Å². The molecule has 10 heavy (non-hydrogen) atoms. The van der Waals surface area contributed by atoms with Gasteiger partial charge in [-0.25, -0.2) is 0 Å². The molecular formula is C7H16N2O. The van der Waals surface area contributed by atoms with Gasteiger partial charge in [-0.05, 0) is 33.4 Å². The summed E-state index contributed by atoms with van der Waals surface area (Å²) in [5.41, 5.74) is 5.29. The molecule has 0 aromatic heterocycles. The smallest absolute Gasteiger partial charge is 0.146 e. The molecule has 0 aromatic rings. The average Bonchev–Trinajstić information content (AvgIpc) is 1.89. The molecule has 0 rings (SSSR count). The second-order valence-electron chi connectivity index (χ2n) is 2.38. The molecule has 0 bridgehead atoms. The monoisotopic (exact) mass is 144 g/mol. The molecule has 1 atom stereocenters. The van der Waals surface area contributed by atoms with Crippen LogP contribution in [0.4, 0.5) is 0 Å². The van der Waals surface area contributed by atoms with Crippen LogP contribution in [0.1, 0.15) is 19.8 Å². The van der Waals surface area contributed by atoms with Gasteiger partial charge in [0.2, 0.25) is 0 Å². The van der Waals surface area contributed by atoms with Crippen LogP contribution >= 0.6 is 0 Å². The molecule has 0 radical (unpaired) electrons. The number of hydrogen-bond donors (Lipinski definition) is 2. The SMILES string of the molecule is CNC(CCCN)C(C)=O. The molecule has 3 nitrogen and oxygen atoms in total. The molecule has 3 heteroatoms. The number of hydrogen-bond acceptors (Lipinski definition) is 3. The lowest BCUT2D eigenvalue weighted by molar-refractivity contribution is -0.119. The van der Waals surface area contributed by atoms with Gasteiger partial charge in [-0.1, -0.05) is 0 Å². The van der Waals surface area contributed by atoms with Crippen molar-refractivity contribution in [1.82, 2.24) is 5.32 Å². The van der Waals surface area contributed by atoms with E-state index in [1.807, 2.05) is 0 Å². The van der Waals surface area contributed by atoms with Crippen molar-refractivity contribution in [3.05, 3.63) is 0 Å². The van der Waals surface area contributed by atoms with Crippen molar-refractivity contribution < 1.29 is 4.79 Å². The maximum absolute atomic E-state index is 10.8. The van der Waals surface area contributed by atoms with E-state index < -0.39 is 0 Å². The minimum Gasteiger partial charge on any atom is -0.330 e. The van der Waals surface area contributed by atoms with Gasteiger partial charge in [0.15, 0.2) is 0 Å². The summed E-state index contributed by atoms with van der Waals surface area (Å²) in [6.45, 7) is 2.25. The van der Waals surface area contributed by atoms with Gasteiger partial charge in [0.25, 0.3) is 0 Å². The van der Waals surface area contributed by atoms with Gasteiger partial charge >= 0.3 is 0 Å². The minimum absolute atomic E-state index is 0.00329. The number of carbonyl (C=O) groups excluding carboxylic acids is 1. The van der Waals surface area contributed by atoms with E-state index in [-0.39, 0.29) is 11.8 Å². The van der Waals surface area contributed by atoms with Gasteiger partial charge in [0.05, 0.1) is 6.04 Å². The number of ketones is 1. The fourth-order valence-electron chi connectivity index (χ4n) is 0.873. The predicted molar refractivity (Wildman–Crippen MR) is 41.8 cm³/mol. The van der Waals surface area contributed by atoms with Crippen LogP contribution in [0.15, 0.2) is 0 Å². The molecule has 0 saturated heterocycles. The summed E-state index contributed by atoms with van der Waals surface area (Å²) in [4.78, 5) is 10.8. The highest BCUT2D eigenvalue weighted by Gasteiger charge is 2.08. The van der Waals surface area contributed by atoms with E-state index in [0.717, 1.165) is 12.8 Å². The highest BCUT2D eigenvalue weighted by molar-refractivity contribution is 5.81. The van der Waals surface area contributed by atoms with Crippen LogP contribution in [0, 0.1) is 0 Å². The number of Topliss-reactive ketones (excluding diaryl/α,β-unsaturated/α-hetero) is 1. The van der Waals surface area contributed by atoms with E-state index in [2.05, 4.69) is 5.32 Å². The van der Waals surface area contributed by atoms with Crippen molar-refractivity contribution >= 4 is 5.78 Å². The van der Waals surface area contributed by atoms with Crippen molar-refractivity contribution in [2.45, 2.75) is 25.8 Å². The van der Waals surface area contributed by atoms with Crippen LogP contribution in [0.3, 0.4) is 0 Å². The van der Waals surface area contributed by atoms with Crippen molar-refractivity contribution in [3.8, 4) is 0 Å². The van der Waals surface area contributed by atoms with Gasteiger partial charge in [-0.3, -0.25) is 4.79 Å². The Hall–Kier alpha value is -0.410. The molecule has 0 fully saturated rings. The molecular weight excluding hydrogens is 128 g/mol. The van der Waals surface area contributed by atoms with Gasteiger partial charge in [0.1, 0.15) is 5.78 Å². The first kappa shape index (κ1) is 9.59. The summed E-state index contributed by atoms with van der Waals surface area (Å²) in [5, 5.41) is 2.93. The first-order valence-corrected chi connectivity index (χ1v) is 3.60. The Kier molecular flexibility index (Phi) is 5.16. The van der Waals surface area contributed by atoms with E-state index in [9.17, 15) is 4.79 Å². The van der Waals surface area contributed by atoms with Gasteiger partial charge in [-0.15, -0.1) is 0 Å². The van der Waals surface area contributed by atoms with Gasteiger partial charge in [0, 0.05) is 0 Å². The predicted octanol–water partition coefficient (Wildman–Crippen LogP) is -0.0977. The lowest BCUT2D eigenvalue weighted by Gasteiger charge is -2.10. The van der Waals surface area contributed by atoms with Crippen molar-refractivity contribution in [2.75, 3.05) is 13.6 Å². The molecule has 0 aromatic carbocycles. The van der Waals surface area contributed by atoms with E-state index >= 15 is 0 Å². The van der Waals surface area contributed by atoms with E-state index in [1.54, 1.807) is 14.0 Å². The van der Waals surface area contributed by atoms with E-state index in [4.69, 9.17) is 5.73 Å². The Labute approximate surface area is 62.0 Å². The first-order valence-electron chi connectivity index (χ1n) is 3.60. The Morgan fingerprint density at radius 1 is 1.70 bits per heavy atom. The first-order chi connectivity index (χ1) is 4.72. The maximum Gasteiger partial charge on any atom is 0.146 e. The largest absolute Gasteiger partial charge is 0.330 e. The Morgan fingerprint density at radius 3 is 2.60 bits per heavy atom. The number of nitrogens with one attached hydrogen (secondary N) is 1. The molecule has 3 N–H and O–H groups in total. The maximum atomic E-state index is 10.8.